The van der Waals surface area contributed by atoms with Gasteiger partial charge in [0.05, 0.1) is 14.2 Å². The lowest BCUT2D eigenvalue weighted by molar-refractivity contribution is 0.0780. The van der Waals surface area contributed by atoms with Crippen molar-refractivity contribution in [1.29, 1.82) is 0 Å². The summed E-state index contributed by atoms with van der Waals surface area (Å²) in [6, 6.07) is 27.0. The van der Waals surface area contributed by atoms with Crippen LogP contribution < -0.4 is 9.47 Å². The number of likely N-dealkylation sites (tertiary alicyclic amines) is 2. The van der Waals surface area contributed by atoms with E-state index in [0.717, 1.165) is 38.6 Å². The third-order valence-electron chi connectivity index (χ3n) is 8.15. The van der Waals surface area contributed by atoms with Crippen molar-refractivity contribution in [1.82, 2.24) is 9.80 Å². The fourth-order valence-electron chi connectivity index (χ4n) is 6.10. The second-order valence-electron chi connectivity index (χ2n) is 10.5. The quantitative estimate of drug-likeness (QED) is 0.411. The molecule has 3 aromatic rings. The molecule has 0 aliphatic carbocycles. The van der Waals surface area contributed by atoms with Gasteiger partial charge >= 0.3 is 0 Å². The third-order valence-corrected chi connectivity index (χ3v) is 8.15. The summed E-state index contributed by atoms with van der Waals surface area (Å²) in [4.78, 5) is 18.2. The summed E-state index contributed by atoms with van der Waals surface area (Å²) in [5.74, 6) is 2.80. The van der Waals surface area contributed by atoms with Gasteiger partial charge in [0.15, 0.2) is 11.5 Å². The van der Waals surface area contributed by atoms with Crippen LogP contribution in [0.2, 0.25) is 0 Å². The minimum atomic E-state index is 0.0611. The average molecular weight is 499 g/mol. The summed E-state index contributed by atoms with van der Waals surface area (Å²) in [5, 5.41) is 0. The number of piperidine rings is 1. The highest BCUT2D eigenvalue weighted by molar-refractivity contribution is 5.95. The number of amides is 1. The van der Waals surface area contributed by atoms with Crippen LogP contribution in [-0.4, -0.2) is 62.7 Å². The first-order valence-corrected chi connectivity index (χ1v) is 13.5. The molecule has 0 unspecified atom stereocenters. The molecule has 0 saturated carbocycles. The molecule has 37 heavy (non-hydrogen) atoms. The first kappa shape index (κ1) is 25.3. The molecule has 3 aromatic carbocycles. The van der Waals surface area contributed by atoms with Crippen LogP contribution in [0.3, 0.4) is 0 Å². The Morgan fingerprint density at radius 3 is 2.19 bits per heavy atom. The van der Waals surface area contributed by atoms with Crippen LogP contribution >= 0.6 is 0 Å². The number of ether oxygens (including phenoxy) is 2. The molecule has 0 spiro atoms. The van der Waals surface area contributed by atoms with E-state index in [9.17, 15) is 4.79 Å². The summed E-state index contributed by atoms with van der Waals surface area (Å²) in [6.07, 6.45) is 3.66. The van der Waals surface area contributed by atoms with Crippen LogP contribution in [-0.2, 0) is 6.42 Å². The Bertz CT molecular complexity index is 1160. The highest BCUT2D eigenvalue weighted by Crippen LogP contribution is 2.36. The minimum Gasteiger partial charge on any atom is -0.493 e. The second kappa shape index (κ2) is 11.8. The van der Waals surface area contributed by atoms with E-state index in [1.165, 1.54) is 30.4 Å². The lowest BCUT2D eigenvalue weighted by atomic mass is 9.86. The zero-order valence-corrected chi connectivity index (χ0v) is 22.0. The molecule has 5 heteroatoms. The van der Waals surface area contributed by atoms with Crippen molar-refractivity contribution in [3.8, 4) is 11.5 Å². The number of nitrogens with zero attached hydrogens (tertiary/aromatic N) is 2. The summed E-state index contributed by atoms with van der Waals surface area (Å²) < 4.78 is 10.8. The fraction of sp³-hybridized carbons (Fsp3) is 0.406. The Labute approximate surface area is 221 Å². The van der Waals surface area contributed by atoms with Gasteiger partial charge in [0.25, 0.3) is 5.91 Å². The largest absolute Gasteiger partial charge is 0.493 e. The topological polar surface area (TPSA) is 42.0 Å². The molecule has 2 saturated heterocycles. The number of rotatable bonds is 8. The van der Waals surface area contributed by atoms with Crippen molar-refractivity contribution in [2.24, 2.45) is 11.8 Å². The van der Waals surface area contributed by atoms with E-state index >= 15 is 0 Å². The number of hydrogen-bond acceptors (Lipinski definition) is 4. The highest BCUT2D eigenvalue weighted by atomic mass is 16.5. The zero-order valence-electron chi connectivity index (χ0n) is 22.0. The molecule has 194 valence electrons. The van der Waals surface area contributed by atoms with E-state index in [0.29, 0.717) is 28.9 Å². The molecule has 0 aromatic heterocycles. The van der Waals surface area contributed by atoms with Crippen molar-refractivity contribution in [3.05, 3.63) is 95.6 Å². The van der Waals surface area contributed by atoms with Gasteiger partial charge in [-0.3, -0.25) is 4.79 Å². The SMILES string of the molecule is COc1ccc(C(=O)N2C[C@H](CN3CCC(Cc4ccccc4)CC3)[C@@H](c3ccccc3)C2)cc1OC. The van der Waals surface area contributed by atoms with Crippen LogP contribution in [0.1, 0.15) is 40.2 Å². The van der Waals surface area contributed by atoms with E-state index in [1.807, 2.05) is 17.0 Å². The van der Waals surface area contributed by atoms with Crippen LogP contribution in [0.4, 0.5) is 0 Å². The van der Waals surface area contributed by atoms with Gasteiger partial charge in [0.2, 0.25) is 0 Å². The number of methoxy groups -OCH3 is 2. The lowest BCUT2D eigenvalue weighted by Crippen LogP contribution is -2.39. The Morgan fingerprint density at radius 1 is 0.838 bits per heavy atom. The highest BCUT2D eigenvalue weighted by Gasteiger charge is 2.38. The number of carbonyl (C=O) groups is 1. The average Bonchev–Trinajstić information content (AvgIpc) is 3.38. The lowest BCUT2D eigenvalue weighted by Gasteiger charge is -2.34. The van der Waals surface area contributed by atoms with E-state index in [4.69, 9.17) is 9.47 Å². The third kappa shape index (κ3) is 5.99. The molecular weight excluding hydrogens is 460 g/mol. The summed E-state index contributed by atoms with van der Waals surface area (Å²) in [6.45, 7) is 4.83. The molecule has 2 atom stereocenters. The Morgan fingerprint density at radius 2 is 1.51 bits per heavy atom. The van der Waals surface area contributed by atoms with Gasteiger partial charge in [-0.05, 0) is 73.5 Å². The molecule has 2 heterocycles. The van der Waals surface area contributed by atoms with Crippen molar-refractivity contribution >= 4 is 5.91 Å². The van der Waals surface area contributed by atoms with Gasteiger partial charge < -0.3 is 19.3 Å². The van der Waals surface area contributed by atoms with E-state index in [1.54, 1.807) is 20.3 Å². The first-order valence-electron chi connectivity index (χ1n) is 13.5. The van der Waals surface area contributed by atoms with Gasteiger partial charge in [-0.25, -0.2) is 0 Å². The monoisotopic (exact) mass is 498 g/mol. The summed E-state index contributed by atoms with van der Waals surface area (Å²) in [5.41, 5.74) is 3.42. The summed E-state index contributed by atoms with van der Waals surface area (Å²) >= 11 is 0. The molecule has 2 aliphatic heterocycles. The first-order chi connectivity index (χ1) is 18.1. The predicted octanol–water partition coefficient (Wildman–Crippen LogP) is 5.51. The fourth-order valence-corrected chi connectivity index (χ4v) is 6.10. The molecule has 0 N–H and O–H groups in total. The van der Waals surface area contributed by atoms with Crippen molar-refractivity contribution in [2.45, 2.75) is 25.2 Å². The predicted molar refractivity (Wildman–Crippen MR) is 147 cm³/mol. The van der Waals surface area contributed by atoms with E-state index in [-0.39, 0.29) is 5.91 Å². The zero-order chi connectivity index (χ0) is 25.6. The number of benzene rings is 3. The molecular formula is C32H38N2O3. The van der Waals surface area contributed by atoms with Crippen molar-refractivity contribution < 1.29 is 14.3 Å². The van der Waals surface area contributed by atoms with Crippen LogP contribution in [0.5, 0.6) is 11.5 Å². The molecule has 2 aliphatic rings. The van der Waals surface area contributed by atoms with Gasteiger partial charge in [-0.15, -0.1) is 0 Å². The van der Waals surface area contributed by atoms with Crippen LogP contribution in [0.15, 0.2) is 78.9 Å². The van der Waals surface area contributed by atoms with E-state index < -0.39 is 0 Å². The Hall–Kier alpha value is -3.31. The van der Waals surface area contributed by atoms with Crippen LogP contribution in [0, 0.1) is 11.8 Å². The van der Waals surface area contributed by atoms with Crippen molar-refractivity contribution in [3.63, 3.8) is 0 Å². The maximum absolute atomic E-state index is 13.6. The molecule has 0 bridgehead atoms. The Balaban J connectivity index is 1.26. The van der Waals surface area contributed by atoms with E-state index in [2.05, 4.69) is 65.6 Å². The molecule has 1 amide bonds. The number of carbonyl (C=O) groups excluding carboxylic acids is 1. The standard InChI is InChI=1S/C32H38N2O3/c1-36-30-14-13-27(20-31(30)37-2)32(35)34-22-28(29(23-34)26-11-7-4-8-12-26)21-33-17-15-25(16-18-33)19-24-9-5-3-6-10-24/h3-14,20,25,28-29H,15-19,21-23H2,1-2H3/t28-,29+/m0/s1. The smallest absolute Gasteiger partial charge is 0.254 e. The maximum atomic E-state index is 13.6. The summed E-state index contributed by atoms with van der Waals surface area (Å²) in [7, 11) is 3.21. The second-order valence-corrected chi connectivity index (χ2v) is 10.5. The maximum Gasteiger partial charge on any atom is 0.254 e. The van der Waals surface area contributed by atoms with Crippen LogP contribution in [0.25, 0.3) is 0 Å². The van der Waals surface area contributed by atoms with Gasteiger partial charge in [-0.2, -0.15) is 0 Å². The van der Waals surface area contributed by atoms with Gasteiger partial charge in [-0.1, -0.05) is 60.7 Å². The molecule has 0 radical (unpaired) electrons. The minimum absolute atomic E-state index is 0.0611. The Kier molecular flexibility index (Phi) is 8.10. The number of hydrogen-bond donors (Lipinski definition) is 0. The van der Waals surface area contributed by atoms with Gasteiger partial charge in [0.1, 0.15) is 0 Å². The van der Waals surface area contributed by atoms with Crippen molar-refractivity contribution in [2.75, 3.05) is 46.9 Å². The molecule has 5 nitrogen and oxygen atoms in total. The normalized spacial score (nSPS) is 20.6. The van der Waals surface area contributed by atoms with Gasteiger partial charge in [0, 0.05) is 31.1 Å². The molecule has 2 fully saturated rings. The molecule has 5 rings (SSSR count).